The van der Waals surface area contributed by atoms with Gasteiger partial charge in [-0.1, -0.05) is 38.5 Å². The van der Waals surface area contributed by atoms with E-state index in [0.29, 0.717) is 29.7 Å². The summed E-state index contributed by atoms with van der Waals surface area (Å²) in [6.45, 7) is 7.69. The zero-order chi connectivity index (χ0) is 28.4. The van der Waals surface area contributed by atoms with Gasteiger partial charge in [0.2, 0.25) is 5.82 Å². The van der Waals surface area contributed by atoms with E-state index in [1.54, 1.807) is 4.57 Å². The molecule has 3 heterocycles. The minimum atomic E-state index is -1.07. The molecule has 3 rings (SSSR count). The summed E-state index contributed by atoms with van der Waals surface area (Å²) in [6, 6.07) is 0. The van der Waals surface area contributed by atoms with Gasteiger partial charge in [0.15, 0.2) is 24.1 Å². The number of nitrogens with zero attached hydrogens (tertiary/aromatic N) is 4. The van der Waals surface area contributed by atoms with Crippen molar-refractivity contribution >= 4 is 29.1 Å². The zero-order valence-corrected chi connectivity index (χ0v) is 23.0. The molecule has 0 radical (unpaired) electrons. The highest BCUT2D eigenvalue weighted by atomic mass is 16.7. The molecular weight excluding hydrogens is 504 g/mol. The normalized spacial score (nSPS) is 19.9. The fraction of sp³-hybridized carbons (Fsp3) is 0.571. The van der Waals surface area contributed by atoms with Crippen molar-refractivity contribution in [2.24, 2.45) is 0 Å². The van der Waals surface area contributed by atoms with Gasteiger partial charge in [-0.2, -0.15) is 0 Å². The molecule has 2 aromatic rings. The van der Waals surface area contributed by atoms with Gasteiger partial charge in [-0.05, 0) is 24.7 Å². The van der Waals surface area contributed by atoms with Crippen LogP contribution < -0.4 is 0 Å². The lowest BCUT2D eigenvalue weighted by Gasteiger charge is -2.23. The van der Waals surface area contributed by atoms with Gasteiger partial charge in [-0.3, -0.25) is 19.0 Å². The number of imidazole rings is 1. The summed E-state index contributed by atoms with van der Waals surface area (Å²) < 4.78 is 23.9. The minimum absolute atomic E-state index is 0.217. The van der Waals surface area contributed by atoms with E-state index in [4.69, 9.17) is 18.9 Å². The van der Waals surface area contributed by atoms with Crippen LogP contribution in [0.15, 0.2) is 6.33 Å². The Kier molecular flexibility index (Phi) is 10.8. The van der Waals surface area contributed by atoms with Crippen molar-refractivity contribution in [1.29, 1.82) is 0 Å². The molecule has 0 N–H and O–H groups in total. The molecule has 0 bridgehead atoms. The predicted molar refractivity (Wildman–Crippen MR) is 140 cm³/mol. The molecular formula is C28H34N4O7. The summed E-state index contributed by atoms with van der Waals surface area (Å²) in [5.41, 5.74) is 1.21. The second-order valence-corrected chi connectivity index (χ2v) is 9.05. The smallest absolute Gasteiger partial charge is 0.303 e. The number of aromatic nitrogens is 4. The van der Waals surface area contributed by atoms with Gasteiger partial charge in [0.25, 0.3) is 0 Å². The van der Waals surface area contributed by atoms with Crippen LogP contribution >= 0.6 is 0 Å². The van der Waals surface area contributed by atoms with Crippen LogP contribution in [-0.2, 0) is 33.3 Å². The SMILES string of the molecule is CCCCC#Cc1nc(C#CCCCC)c2ncn([C@@H]3O[C@H](COC(C)=O)[C@@H](OC(C)=O)[C@H]3OC(C)=O)c2n1. The molecule has 1 aliphatic heterocycles. The first kappa shape index (κ1) is 29.6. The summed E-state index contributed by atoms with van der Waals surface area (Å²) in [5.74, 6) is 10.8. The monoisotopic (exact) mass is 538 g/mol. The maximum absolute atomic E-state index is 12.0. The Morgan fingerprint density at radius 1 is 0.923 bits per heavy atom. The van der Waals surface area contributed by atoms with Crippen molar-refractivity contribution in [1.82, 2.24) is 19.5 Å². The molecule has 2 aromatic heterocycles. The van der Waals surface area contributed by atoms with Crippen LogP contribution in [0.5, 0.6) is 0 Å². The van der Waals surface area contributed by atoms with Crippen LogP contribution in [0.3, 0.4) is 0 Å². The van der Waals surface area contributed by atoms with E-state index in [9.17, 15) is 14.4 Å². The molecule has 0 unspecified atom stereocenters. The molecule has 1 fully saturated rings. The lowest BCUT2D eigenvalue weighted by atomic mass is 10.1. The highest BCUT2D eigenvalue weighted by Crippen LogP contribution is 2.36. The second-order valence-electron chi connectivity index (χ2n) is 9.05. The molecule has 208 valence electrons. The number of carbonyl (C=O) groups is 3. The van der Waals surface area contributed by atoms with Crippen LogP contribution in [0.2, 0.25) is 0 Å². The molecule has 0 saturated carbocycles. The van der Waals surface area contributed by atoms with E-state index in [-0.39, 0.29) is 12.4 Å². The molecule has 11 nitrogen and oxygen atoms in total. The molecule has 0 amide bonds. The van der Waals surface area contributed by atoms with E-state index in [1.165, 1.54) is 27.1 Å². The average molecular weight is 539 g/mol. The number of hydrogen-bond acceptors (Lipinski definition) is 10. The first-order valence-corrected chi connectivity index (χ1v) is 13.1. The van der Waals surface area contributed by atoms with Gasteiger partial charge >= 0.3 is 17.9 Å². The number of esters is 3. The highest BCUT2D eigenvalue weighted by molar-refractivity contribution is 5.77. The van der Waals surface area contributed by atoms with E-state index < -0.39 is 42.4 Å². The van der Waals surface area contributed by atoms with Crippen molar-refractivity contribution in [3.8, 4) is 23.7 Å². The third kappa shape index (κ3) is 8.01. The van der Waals surface area contributed by atoms with E-state index in [2.05, 4.69) is 52.5 Å². The van der Waals surface area contributed by atoms with E-state index in [1.807, 2.05) is 0 Å². The van der Waals surface area contributed by atoms with Crippen molar-refractivity contribution < 1.29 is 33.3 Å². The molecule has 11 heteroatoms. The number of fused-ring (bicyclic) bond motifs is 1. The minimum Gasteiger partial charge on any atom is -0.463 e. The number of rotatable bonds is 9. The molecule has 39 heavy (non-hydrogen) atoms. The maximum Gasteiger partial charge on any atom is 0.303 e. The Morgan fingerprint density at radius 2 is 1.56 bits per heavy atom. The first-order chi connectivity index (χ1) is 18.7. The first-order valence-electron chi connectivity index (χ1n) is 13.1. The number of carbonyl (C=O) groups excluding carboxylic acids is 3. The van der Waals surface area contributed by atoms with Crippen LogP contribution in [-0.4, -0.2) is 62.3 Å². The zero-order valence-electron chi connectivity index (χ0n) is 23.0. The van der Waals surface area contributed by atoms with Gasteiger partial charge in [0.05, 0.1) is 6.33 Å². The highest BCUT2D eigenvalue weighted by Gasteiger charge is 2.51. The van der Waals surface area contributed by atoms with Gasteiger partial charge in [-0.25, -0.2) is 15.0 Å². The molecule has 1 aliphatic rings. The number of hydrogen-bond donors (Lipinski definition) is 0. The van der Waals surface area contributed by atoms with Crippen molar-refractivity contribution in [3.05, 3.63) is 17.8 Å². The summed E-state index contributed by atoms with van der Waals surface area (Å²) in [5, 5.41) is 0. The molecule has 0 aromatic carbocycles. The van der Waals surface area contributed by atoms with Crippen LogP contribution in [0.4, 0.5) is 0 Å². The van der Waals surface area contributed by atoms with Gasteiger partial charge in [0.1, 0.15) is 23.9 Å². The van der Waals surface area contributed by atoms with Crippen LogP contribution in [0, 0.1) is 23.7 Å². The predicted octanol–water partition coefficient (Wildman–Crippen LogP) is 3.23. The lowest BCUT2D eigenvalue weighted by molar-refractivity contribution is -0.166. The Hall–Kier alpha value is -3.96. The Balaban J connectivity index is 2.10. The van der Waals surface area contributed by atoms with Crippen molar-refractivity contribution in [2.75, 3.05) is 6.61 Å². The third-order valence-electron chi connectivity index (χ3n) is 5.75. The van der Waals surface area contributed by atoms with Crippen molar-refractivity contribution in [2.45, 2.75) is 97.7 Å². The van der Waals surface area contributed by atoms with E-state index in [0.717, 1.165) is 25.7 Å². The Morgan fingerprint density at radius 3 is 2.18 bits per heavy atom. The number of unbranched alkanes of at least 4 members (excludes halogenated alkanes) is 4. The van der Waals surface area contributed by atoms with Crippen molar-refractivity contribution in [3.63, 3.8) is 0 Å². The van der Waals surface area contributed by atoms with E-state index >= 15 is 0 Å². The Bertz CT molecular complexity index is 1310. The fourth-order valence-electron chi connectivity index (χ4n) is 3.98. The molecule has 0 aliphatic carbocycles. The van der Waals surface area contributed by atoms with Gasteiger partial charge < -0.3 is 18.9 Å². The fourth-order valence-corrected chi connectivity index (χ4v) is 3.98. The molecule has 1 saturated heterocycles. The Labute approximate surface area is 228 Å². The average Bonchev–Trinajstić information content (AvgIpc) is 3.44. The van der Waals surface area contributed by atoms with Crippen LogP contribution in [0.25, 0.3) is 11.2 Å². The summed E-state index contributed by atoms with van der Waals surface area (Å²) >= 11 is 0. The lowest BCUT2D eigenvalue weighted by Crippen LogP contribution is -2.40. The number of ether oxygens (including phenoxy) is 4. The maximum atomic E-state index is 12.0. The van der Waals surface area contributed by atoms with Crippen LogP contribution in [0.1, 0.15) is 90.9 Å². The summed E-state index contributed by atoms with van der Waals surface area (Å²) in [7, 11) is 0. The molecule has 4 atom stereocenters. The van der Waals surface area contributed by atoms with Gasteiger partial charge in [0, 0.05) is 33.6 Å². The summed E-state index contributed by atoms with van der Waals surface area (Å²) in [6.07, 6.45) is 2.82. The second kappa shape index (κ2) is 14.3. The topological polar surface area (TPSA) is 132 Å². The van der Waals surface area contributed by atoms with Gasteiger partial charge in [-0.15, -0.1) is 0 Å². The molecule has 0 spiro atoms. The standard InChI is InChI=1S/C28H34N4O7/c1-6-8-10-12-14-21-24-27(31-23(30-21)15-13-11-9-7-2)32(17-29-24)28-26(38-20(5)35)25(37-19(4)34)22(39-28)16-36-18(3)33/h17,22,25-26,28H,6-11,16H2,1-5H3/t22-,25-,26-,28-/m1/s1. The summed E-state index contributed by atoms with van der Waals surface area (Å²) in [4.78, 5) is 49.1. The quantitative estimate of drug-likeness (QED) is 0.203. The third-order valence-corrected chi connectivity index (χ3v) is 5.75. The largest absolute Gasteiger partial charge is 0.463 e.